The summed E-state index contributed by atoms with van der Waals surface area (Å²) in [7, 11) is -4.18. The molecule has 0 saturated heterocycles. The van der Waals surface area contributed by atoms with Crippen LogP contribution >= 0.6 is 0 Å². The van der Waals surface area contributed by atoms with Crippen molar-refractivity contribution in [3.05, 3.63) is 12.2 Å². The summed E-state index contributed by atoms with van der Waals surface area (Å²) in [6.45, 7) is 6.89. The van der Waals surface area contributed by atoms with E-state index in [9.17, 15) is 27.9 Å². The number of amides is 1. The third-order valence-electron chi connectivity index (χ3n) is 9.03. The Morgan fingerprint density at radius 3 is 1.96 bits per heavy atom. The highest BCUT2D eigenvalue weighted by atomic mass is 32.2. The third-order valence-corrected chi connectivity index (χ3v) is 9.75. The van der Waals surface area contributed by atoms with Gasteiger partial charge in [0, 0.05) is 25.8 Å². The van der Waals surface area contributed by atoms with E-state index in [-0.39, 0.29) is 43.2 Å². The number of esters is 1. The largest absolute Gasteiger partial charge is 0.463 e. The molecule has 10 heteroatoms. The van der Waals surface area contributed by atoms with Crippen molar-refractivity contribution in [3.8, 4) is 11.8 Å². The Morgan fingerprint density at radius 1 is 0.843 bits per heavy atom. The first-order valence-corrected chi connectivity index (χ1v) is 21.6. The fraction of sp³-hybridized carbons (Fsp3) is 0.829. The number of nitrogens with one attached hydrogen (secondary N) is 1. The summed E-state index contributed by atoms with van der Waals surface area (Å²) in [4.78, 5) is 36.3. The van der Waals surface area contributed by atoms with Crippen LogP contribution in [0.4, 0.5) is 0 Å². The Bertz CT molecular complexity index is 1120. The number of carbonyl (C=O) groups is 3. The standard InChI is InChI=1S/C41H73NO8S/c1-5-6-7-8-9-10-11-12-13-14-15-16-17-18-19-20-21-22-23-24-25-26-29-40(45)50-37(3)34-38(33-36(2)43)28-27-30-41(4,46)35-39(44)42-31-32-51(47,48)49/h20-21,37-38,46H,5-19,22-23,26-35H2,1-4H3,(H,42,44)(H,47,48,49)/b21-20-/t37-,38-,41-/m1/s1. The summed E-state index contributed by atoms with van der Waals surface area (Å²) in [6.07, 6.45) is 29.0. The Kier molecular flexibility index (Phi) is 30.0. The molecule has 51 heavy (non-hydrogen) atoms. The number of hydrogen-bond acceptors (Lipinski definition) is 7. The fourth-order valence-corrected chi connectivity index (χ4v) is 6.65. The maximum absolute atomic E-state index is 12.4. The number of aliphatic hydroxyl groups is 1. The van der Waals surface area contributed by atoms with Gasteiger partial charge in [0.05, 0.1) is 30.3 Å². The van der Waals surface area contributed by atoms with E-state index >= 15 is 0 Å². The third kappa shape index (κ3) is 35.9. The van der Waals surface area contributed by atoms with Gasteiger partial charge in [-0.2, -0.15) is 8.42 Å². The van der Waals surface area contributed by atoms with E-state index in [2.05, 4.69) is 36.2 Å². The quantitative estimate of drug-likeness (QED) is 0.0199. The van der Waals surface area contributed by atoms with Crippen molar-refractivity contribution in [3.63, 3.8) is 0 Å². The number of unbranched alkanes of at least 4 members (excludes halogenated alkanes) is 15. The van der Waals surface area contributed by atoms with Crippen LogP contribution in [0.2, 0.25) is 0 Å². The minimum Gasteiger partial charge on any atom is -0.463 e. The molecular formula is C41H73NO8S. The van der Waals surface area contributed by atoms with E-state index in [1.165, 1.54) is 104 Å². The van der Waals surface area contributed by atoms with Crippen LogP contribution in [0.1, 0.15) is 188 Å². The first-order chi connectivity index (χ1) is 24.2. The number of ketones is 1. The van der Waals surface area contributed by atoms with E-state index in [0.717, 1.165) is 19.3 Å². The van der Waals surface area contributed by atoms with Crippen molar-refractivity contribution in [1.82, 2.24) is 5.32 Å². The minimum absolute atomic E-state index is 0.0310. The highest BCUT2D eigenvalue weighted by Crippen LogP contribution is 2.25. The van der Waals surface area contributed by atoms with Crippen LogP contribution in [0.3, 0.4) is 0 Å². The summed E-state index contributed by atoms with van der Waals surface area (Å²) >= 11 is 0. The summed E-state index contributed by atoms with van der Waals surface area (Å²) in [5.41, 5.74) is -1.32. The summed E-state index contributed by atoms with van der Waals surface area (Å²) in [6, 6.07) is 0. The van der Waals surface area contributed by atoms with E-state index in [1.54, 1.807) is 0 Å². The molecule has 1 amide bonds. The minimum atomic E-state index is -4.18. The van der Waals surface area contributed by atoms with Crippen LogP contribution < -0.4 is 5.32 Å². The second-order valence-electron chi connectivity index (χ2n) is 14.8. The van der Waals surface area contributed by atoms with Gasteiger partial charge in [-0.1, -0.05) is 109 Å². The molecule has 9 nitrogen and oxygen atoms in total. The maximum Gasteiger partial charge on any atom is 0.307 e. The van der Waals surface area contributed by atoms with Crippen molar-refractivity contribution in [2.75, 3.05) is 12.3 Å². The van der Waals surface area contributed by atoms with Crippen LogP contribution in [-0.4, -0.2) is 59.7 Å². The summed E-state index contributed by atoms with van der Waals surface area (Å²) in [5.74, 6) is 4.78. The Labute approximate surface area is 311 Å². The van der Waals surface area contributed by atoms with Crippen LogP contribution in [0.15, 0.2) is 12.2 Å². The molecule has 0 aromatic carbocycles. The molecule has 0 aliphatic carbocycles. The summed E-state index contributed by atoms with van der Waals surface area (Å²) in [5, 5.41) is 13.0. The zero-order valence-electron chi connectivity index (χ0n) is 32.7. The van der Waals surface area contributed by atoms with E-state index in [4.69, 9.17) is 9.29 Å². The lowest BCUT2D eigenvalue weighted by atomic mass is 9.87. The zero-order valence-corrected chi connectivity index (χ0v) is 33.5. The lowest BCUT2D eigenvalue weighted by molar-refractivity contribution is -0.148. The van der Waals surface area contributed by atoms with Crippen LogP contribution in [0.5, 0.6) is 0 Å². The van der Waals surface area contributed by atoms with E-state index in [0.29, 0.717) is 38.5 Å². The maximum atomic E-state index is 12.4. The number of carbonyl (C=O) groups excluding carboxylic acids is 3. The van der Waals surface area contributed by atoms with Gasteiger partial charge in [0.15, 0.2) is 0 Å². The SMILES string of the molecule is CCCCCCCCCCCCCCCC/C=C\CCC#CCCC(=O)O[C@H](C)C[C@H](CCC[C@@](C)(O)CC(=O)NCCS(=O)(=O)O)CC(C)=O. The number of rotatable bonds is 33. The predicted octanol–water partition coefficient (Wildman–Crippen LogP) is 9.21. The first kappa shape index (κ1) is 48.8. The highest BCUT2D eigenvalue weighted by molar-refractivity contribution is 7.85. The molecule has 0 bridgehead atoms. The van der Waals surface area contributed by atoms with Gasteiger partial charge in [-0.15, -0.1) is 11.8 Å². The predicted molar refractivity (Wildman–Crippen MR) is 208 cm³/mol. The lowest BCUT2D eigenvalue weighted by Gasteiger charge is -2.25. The Hall–Kier alpha value is -2.22. The van der Waals surface area contributed by atoms with Gasteiger partial charge in [-0.25, -0.2) is 0 Å². The second kappa shape index (κ2) is 31.3. The first-order valence-electron chi connectivity index (χ1n) is 20.0. The average Bonchev–Trinajstić information content (AvgIpc) is 3.02. The molecule has 0 aromatic heterocycles. The number of ether oxygens (including phenoxy) is 1. The molecule has 0 heterocycles. The molecule has 0 saturated carbocycles. The van der Waals surface area contributed by atoms with Crippen molar-refractivity contribution in [1.29, 1.82) is 0 Å². The molecule has 0 fully saturated rings. The lowest BCUT2D eigenvalue weighted by Crippen LogP contribution is -2.36. The smallest absolute Gasteiger partial charge is 0.307 e. The van der Waals surface area contributed by atoms with Gasteiger partial charge < -0.3 is 20.0 Å². The van der Waals surface area contributed by atoms with Gasteiger partial charge in [-0.3, -0.25) is 14.1 Å². The van der Waals surface area contributed by atoms with Crippen molar-refractivity contribution >= 4 is 27.8 Å². The van der Waals surface area contributed by atoms with E-state index < -0.39 is 27.4 Å². The molecule has 0 aliphatic rings. The molecule has 3 N–H and O–H groups in total. The zero-order chi connectivity index (χ0) is 38.2. The molecule has 0 radical (unpaired) electrons. The molecular weight excluding hydrogens is 667 g/mol. The Morgan fingerprint density at radius 2 is 1.39 bits per heavy atom. The number of hydrogen-bond donors (Lipinski definition) is 3. The molecule has 296 valence electrons. The van der Waals surface area contributed by atoms with Crippen LogP contribution in [0, 0.1) is 17.8 Å². The van der Waals surface area contributed by atoms with Crippen LogP contribution in [-0.2, 0) is 29.2 Å². The molecule has 3 atom stereocenters. The number of allylic oxidation sites excluding steroid dienone is 2. The van der Waals surface area contributed by atoms with Crippen LogP contribution in [0.25, 0.3) is 0 Å². The van der Waals surface area contributed by atoms with Crippen molar-refractivity contribution in [2.45, 2.75) is 200 Å². The van der Waals surface area contributed by atoms with Crippen molar-refractivity contribution in [2.24, 2.45) is 5.92 Å². The normalized spacial score (nSPS) is 14.0. The van der Waals surface area contributed by atoms with Crippen molar-refractivity contribution < 1.29 is 37.2 Å². The van der Waals surface area contributed by atoms with Gasteiger partial charge in [0.1, 0.15) is 5.78 Å². The molecule has 0 unspecified atom stereocenters. The number of Topliss-reactive ketones (excluding diaryl/α,β-unsaturated/α-hetero) is 1. The average molecular weight is 740 g/mol. The highest BCUT2D eigenvalue weighted by Gasteiger charge is 2.25. The Balaban J connectivity index is 4.04. The fourth-order valence-electron chi connectivity index (χ4n) is 6.29. The second-order valence-corrected chi connectivity index (χ2v) is 16.3. The molecule has 0 rings (SSSR count). The summed E-state index contributed by atoms with van der Waals surface area (Å²) < 4.78 is 35.9. The molecule has 0 aliphatic heterocycles. The topological polar surface area (TPSA) is 147 Å². The molecule has 0 aromatic rings. The van der Waals surface area contributed by atoms with Gasteiger partial charge in [0.25, 0.3) is 10.1 Å². The van der Waals surface area contributed by atoms with E-state index in [1.807, 2.05) is 6.92 Å². The van der Waals surface area contributed by atoms with Gasteiger partial charge >= 0.3 is 5.97 Å². The molecule has 0 spiro atoms. The monoisotopic (exact) mass is 740 g/mol. The van der Waals surface area contributed by atoms with Gasteiger partial charge in [-0.05, 0) is 65.2 Å². The van der Waals surface area contributed by atoms with Gasteiger partial charge in [0.2, 0.25) is 5.91 Å².